The van der Waals surface area contributed by atoms with Crippen LogP contribution in [-0.4, -0.2) is 55.5 Å². The molecule has 39 heavy (non-hydrogen) atoms. The Morgan fingerprint density at radius 3 is 2.23 bits per heavy atom. The third-order valence-electron chi connectivity index (χ3n) is 7.81. The van der Waals surface area contributed by atoms with E-state index in [0.717, 1.165) is 35.0 Å². The summed E-state index contributed by atoms with van der Waals surface area (Å²) < 4.78 is 44.1. The number of carboxylic acids is 1. The predicted octanol–water partition coefficient (Wildman–Crippen LogP) is 6.33. The van der Waals surface area contributed by atoms with Gasteiger partial charge in [0.25, 0.3) is 5.91 Å². The van der Waals surface area contributed by atoms with E-state index >= 15 is 0 Å². The molecule has 2 heterocycles. The van der Waals surface area contributed by atoms with Gasteiger partial charge in [0, 0.05) is 25.4 Å². The van der Waals surface area contributed by atoms with Crippen LogP contribution in [0.3, 0.4) is 0 Å². The minimum Gasteiger partial charge on any atom is -0.481 e. The lowest BCUT2D eigenvalue weighted by Gasteiger charge is -2.42. The van der Waals surface area contributed by atoms with Gasteiger partial charge in [-0.1, -0.05) is 36.5 Å². The van der Waals surface area contributed by atoms with Gasteiger partial charge in [0.15, 0.2) is 11.5 Å². The second-order valence-corrected chi connectivity index (χ2v) is 11.7. The molecule has 0 saturated heterocycles. The van der Waals surface area contributed by atoms with Crippen molar-refractivity contribution in [3.05, 3.63) is 45.5 Å². The van der Waals surface area contributed by atoms with Crippen LogP contribution in [0, 0.1) is 11.3 Å². The fourth-order valence-electron chi connectivity index (χ4n) is 5.62. The van der Waals surface area contributed by atoms with Crippen molar-refractivity contribution in [3.8, 4) is 0 Å². The summed E-state index contributed by atoms with van der Waals surface area (Å²) in [5.41, 5.74) is -2.17. The number of halogens is 5. The molecule has 0 unspecified atom stereocenters. The van der Waals surface area contributed by atoms with E-state index in [1.165, 1.54) is 12.4 Å². The minimum absolute atomic E-state index is 0.0166. The maximum atomic E-state index is 14.4. The molecular weight excluding hydrogens is 560 g/mol. The van der Waals surface area contributed by atoms with Crippen molar-refractivity contribution in [2.45, 2.75) is 70.5 Å². The average molecular weight is 589 g/mol. The van der Waals surface area contributed by atoms with E-state index in [4.69, 9.17) is 28.3 Å². The molecule has 0 aliphatic heterocycles. The number of rotatable bonds is 9. The molecule has 13 heteroatoms. The van der Waals surface area contributed by atoms with Gasteiger partial charge in [-0.15, -0.1) is 0 Å². The summed E-state index contributed by atoms with van der Waals surface area (Å²) in [7, 11) is 0. The van der Waals surface area contributed by atoms with Crippen LogP contribution < -0.4 is 0 Å². The molecule has 0 spiro atoms. The summed E-state index contributed by atoms with van der Waals surface area (Å²) in [6, 6.07) is -0.623. The maximum Gasteiger partial charge on any atom is 0.433 e. The number of Topliss-reactive ketones (excluding diaryl/α,β-unsaturated/α-hetero) is 1. The van der Waals surface area contributed by atoms with Crippen LogP contribution in [0.4, 0.5) is 13.2 Å². The van der Waals surface area contributed by atoms with Gasteiger partial charge in [0.05, 0.1) is 40.0 Å². The largest absolute Gasteiger partial charge is 0.481 e. The van der Waals surface area contributed by atoms with Crippen LogP contribution in [0.25, 0.3) is 0 Å². The predicted molar refractivity (Wildman–Crippen MR) is 137 cm³/mol. The Hall–Kier alpha value is -2.66. The molecule has 1 N–H and O–H groups in total. The summed E-state index contributed by atoms with van der Waals surface area (Å²) in [5, 5.41) is 13.0. The van der Waals surface area contributed by atoms with Crippen molar-refractivity contribution >= 4 is 40.9 Å². The monoisotopic (exact) mass is 588 g/mol. The van der Waals surface area contributed by atoms with Crippen LogP contribution in [0.2, 0.25) is 10.0 Å². The average Bonchev–Trinajstić information content (AvgIpc) is 3.28. The summed E-state index contributed by atoms with van der Waals surface area (Å²) in [5.74, 6) is -2.61. The van der Waals surface area contributed by atoms with E-state index in [0.29, 0.717) is 25.7 Å². The standard InChI is InChI=1S/C26H29Cl2F3N4O4/c1-25(7-2-8-25)14-34(13-20(36)22-18(27)11-32-12-19(22)28)24(39)17-10-33-35(23(17)26(29,30)31)16-5-3-15(4-6-16)9-21(37)38/h10-12,15-16H,2-9,13-14H2,1H3,(H,37,38)/t15-,16-. The van der Waals surface area contributed by atoms with E-state index in [9.17, 15) is 27.6 Å². The summed E-state index contributed by atoms with van der Waals surface area (Å²) >= 11 is 12.2. The van der Waals surface area contributed by atoms with Crippen molar-refractivity contribution < 1.29 is 32.7 Å². The number of ketones is 1. The summed E-state index contributed by atoms with van der Waals surface area (Å²) in [6.07, 6.45) is 2.46. The fourth-order valence-corrected chi connectivity index (χ4v) is 6.19. The molecule has 2 aromatic heterocycles. The van der Waals surface area contributed by atoms with Crippen molar-refractivity contribution in [3.63, 3.8) is 0 Å². The Balaban J connectivity index is 1.64. The molecule has 0 radical (unpaired) electrons. The number of carbonyl (C=O) groups excluding carboxylic acids is 2. The van der Waals surface area contributed by atoms with E-state index in [1.807, 2.05) is 6.92 Å². The first-order chi connectivity index (χ1) is 18.3. The lowest BCUT2D eigenvalue weighted by molar-refractivity contribution is -0.145. The Kier molecular flexibility index (Phi) is 8.61. The zero-order chi connectivity index (χ0) is 28.5. The summed E-state index contributed by atoms with van der Waals surface area (Å²) in [4.78, 5) is 42.9. The fraction of sp³-hybridized carbons (Fsp3) is 0.577. The highest BCUT2D eigenvalue weighted by Crippen LogP contribution is 2.43. The van der Waals surface area contributed by atoms with E-state index in [1.54, 1.807) is 0 Å². The quantitative estimate of drug-likeness (QED) is 0.343. The molecule has 2 saturated carbocycles. The first-order valence-corrected chi connectivity index (χ1v) is 13.5. The highest BCUT2D eigenvalue weighted by molar-refractivity contribution is 6.39. The second kappa shape index (κ2) is 11.4. The third kappa shape index (κ3) is 6.57. The molecule has 2 aliphatic carbocycles. The number of hydrogen-bond acceptors (Lipinski definition) is 5. The Morgan fingerprint density at radius 2 is 1.72 bits per heavy atom. The van der Waals surface area contributed by atoms with Gasteiger partial charge in [0.2, 0.25) is 0 Å². The van der Waals surface area contributed by atoms with Crippen LogP contribution >= 0.6 is 23.2 Å². The number of hydrogen-bond donors (Lipinski definition) is 1. The van der Waals surface area contributed by atoms with Crippen molar-refractivity contribution in [1.29, 1.82) is 0 Å². The molecule has 0 atom stereocenters. The highest BCUT2D eigenvalue weighted by Gasteiger charge is 2.44. The molecule has 2 aliphatic rings. The van der Waals surface area contributed by atoms with E-state index in [-0.39, 0.29) is 39.9 Å². The van der Waals surface area contributed by atoms with E-state index in [2.05, 4.69) is 10.1 Å². The number of pyridine rings is 1. The molecule has 4 rings (SSSR count). The number of aromatic nitrogens is 3. The lowest BCUT2D eigenvalue weighted by atomic mass is 9.70. The molecule has 0 bridgehead atoms. The number of alkyl halides is 3. The van der Waals surface area contributed by atoms with Gasteiger partial charge in [-0.25, -0.2) is 0 Å². The third-order valence-corrected chi connectivity index (χ3v) is 8.38. The molecule has 2 fully saturated rings. The first kappa shape index (κ1) is 29.3. The topological polar surface area (TPSA) is 105 Å². The van der Waals surface area contributed by atoms with Gasteiger partial charge in [-0.2, -0.15) is 18.3 Å². The van der Waals surface area contributed by atoms with Crippen LogP contribution in [0.15, 0.2) is 18.6 Å². The lowest BCUT2D eigenvalue weighted by Crippen LogP contribution is -2.46. The van der Waals surface area contributed by atoms with Crippen molar-refractivity contribution in [2.75, 3.05) is 13.1 Å². The number of nitrogens with zero attached hydrogens (tertiary/aromatic N) is 4. The normalized spacial score (nSPS) is 20.8. The molecule has 8 nitrogen and oxygen atoms in total. The molecule has 1 amide bonds. The zero-order valence-corrected chi connectivity index (χ0v) is 22.8. The van der Waals surface area contributed by atoms with Gasteiger partial charge < -0.3 is 10.0 Å². The van der Waals surface area contributed by atoms with Gasteiger partial charge >= 0.3 is 12.1 Å². The van der Waals surface area contributed by atoms with E-state index < -0.39 is 47.7 Å². The number of amides is 1. The van der Waals surface area contributed by atoms with Crippen molar-refractivity contribution in [2.24, 2.45) is 11.3 Å². The zero-order valence-electron chi connectivity index (χ0n) is 21.3. The number of aliphatic carboxylic acids is 1. The SMILES string of the molecule is CC1(CN(CC(=O)c2c(Cl)cncc2Cl)C(=O)c2cnn([C@H]3CC[C@H](CC(=O)O)CC3)c2C(F)(F)F)CCC1. The smallest absolute Gasteiger partial charge is 0.433 e. The Labute approximate surface area is 233 Å². The van der Waals surface area contributed by atoms with Crippen LogP contribution in [0.1, 0.15) is 90.7 Å². The Bertz CT molecular complexity index is 1230. The molecule has 2 aromatic rings. The van der Waals surface area contributed by atoms with Crippen LogP contribution in [-0.2, 0) is 11.0 Å². The Morgan fingerprint density at radius 1 is 1.10 bits per heavy atom. The van der Waals surface area contributed by atoms with Crippen molar-refractivity contribution in [1.82, 2.24) is 19.7 Å². The van der Waals surface area contributed by atoms with Gasteiger partial charge in [-0.3, -0.25) is 24.0 Å². The number of carboxylic acid groups (broad SMARTS) is 1. The molecule has 0 aromatic carbocycles. The first-order valence-electron chi connectivity index (χ1n) is 12.8. The molecular formula is C26H29Cl2F3N4O4. The highest BCUT2D eigenvalue weighted by atomic mass is 35.5. The van der Waals surface area contributed by atoms with Gasteiger partial charge in [0.1, 0.15) is 0 Å². The van der Waals surface area contributed by atoms with Crippen LogP contribution in [0.5, 0.6) is 0 Å². The number of carbonyl (C=O) groups is 3. The van der Waals surface area contributed by atoms with Gasteiger partial charge in [-0.05, 0) is 49.9 Å². The minimum atomic E-state index is -4.88. The summed E-state index contributed by atoms with van der Waals surface area (Å²) in [6.45, 7) is 1.50. The second-order valence-electron chi connectivity index (χ2n) is 10.8. The molecule has 212 valence electrons. The maximum absolute atomic E-state index is 14.4.